The van der Waals surface area contributed by atoms with Gasteiger partial charge in [0.2, 0.25) is 0 Å². The molecule has 14 heavy (non-hydrogen) atoms. The summed E-state index contributed by atoms with van der Waals surface area (Å²) in [5, 5.41) is 0. The summed E-state index contributed by atoms with van der Waals surface area (Å²) in [6.45, 7) is 0.986. The molecule has 0 spiro atoms. The molecular weight excluding hydrogens is 194 g/mol. The van der Waals surface area contributed by atoms with Crippen LogP contribution in [0.1, 0.15) is 11.1 Å². The minimum atomic E-state index is 0.658. The van der Waals surface area contributed by atoms with Crippen LogP contribution in [0.5, 0.6) is 0 Å². The van der Waals surface area contributed by atoms with E-state index in [0.29, 0.717) is 6.04 Å². The molecule has 1 aromatic carbocycles. The van der Waals surface area contributed by atoms with Gasteiger partial charge in [-0.3, -0.25) is 0 Å². The number of benzene rings is 1. The summed E-state index contributed by atoms with van der Waals surface area (Å²) in [5.74, 6) is 0.726. The highest BCUT2D eigenvalue weighted by Crippen LogP contribution is 2.24. The van der Waals surface area contributed by atoms with Gasteiger partial charge in [-0.05, 0) is 31.0 Å². The van der Waals surface area contributed by atoms with Gasteiger partial charge in [0, 0.05) is 18.5 Å². The molecule has 2 heteroatoms. The predicted molar refractivity (Wildman–Crippen MR) is 61.0 cm³/mol. The van der Waals surface area contributed by atoms with Gasteiger partial charge in [0.15, 0.2) is 0 Å². The lowest BCUT2D eigenvalue weighted by molar-refractivity contribution is 0.263. The molecule has 0 aromatic heterocycles. The Balaban J connectivity index is 2.04. The fourth-order valence-corrected chi connectivity index (χ4v) is 2.43. The second-order valence-electron chi connectivity index (χ2n) is 4.00. The molecular formula is C12H16ClN. The minimum absolute atomic E-state index is 0.658. The van der Waals surface area contributed by atoms with Crippen LogP contribution >= 0.6 is 11.6 Å². The van der Waals surface area contributed by atoms with Crippen molar-refractivity contribution in [1.82, 2.24) is 4.90 Å². The smallest absolute Gasteiger partial charge is 0.0351 e. The normalized spacial score (nSPS) is 16.2. The van der Waals surface area contributed by atoms with Crippen molar-refractivity contribution in [2.45, 2.75) is 18.9 Å². The maximum Gasteiger partial charge on any atom is 0.0351 e. The van der Waals surface area contributed by atoms with Crippen molar-refractivity contribution < 1.29 is 0 Å². The first kappa shape index (κ1) is 10.0. The molecule has 1 nitrogen and oxygen atoms in total. The molecule has 0 saturated carbocycles. The van der Waals surface area contributed by atoms with E-state index >= 15 is 0 Å². The number of alkyl halides is 1. The van der Waals surface area contributed by atoms with E-state index in [1.807, 2.05) is 0 Å². The second-order valence-corrected chi connectivity index (χ2v) is 4.38. The van der Waals surface area contributed by atoms with Crippen LogP contribution in [-0.2, 0) is 12.8 Å². The standard InChI is InChI=1S/C12H16ClN/c1-14(7-6-13)12-8-10-4-2-3-5-11(10)9-12/h2-5,12H,6-9H2,1H3. The van der Waals surface area contributed by atoms with Gasteiger partial charge in [-0.1, -0.05) is 24.3 Å². The fraction of sp³-hybridized carbons (Fsp3) is 0.500. The van der Waals surface area contributed by atoms with E-state index in [4.69, 9.17) is 11.6 Å². The molecule has 2 rings (SSSR count). The summed E-state index contributed by atoms with van der Waals surface area (Å²) in [6, 6.07) is 9.39. The Kier molecular flexibility index (Phi) is 3.09. The van der Waals surface area contributed by atoms with Crippen molar-refractivity contribution >= 4 is 11.6 Å². The highest BCUT2D eigenvalue weighted by Gasteiger charge is 2.23. The third kappa shape index (κ3) is 1.94. The van der Waals surface area contributed by atoms with Crippen molar-refractivity contribution in [1.29, 1.82) is 0 Å². The maximum atomic E-state index is 5.74. The van der Waals surface area contributed by atoms with Gasteiger partial charge < -0.3 is 4.90 Å². The predicted octanol–water partition coefficient (Wildman–Crippen LogP) is 2.32. The van der Waals surface area contributed by atoms with Gasteiger partial charge in [-0.15, -0.1) is 11.6 Å². The highest BCUT2D eigenvalue weighted by atomic mass is 35.5. The van der Waals surface area contributed by atoms with Gasteiger partial charge in [0.25, 0.3) is 0 Å². The van der Waals surface area contributed by atoms with Crippen molar-refractivity contribution in [2.75, 3.05) is 19.5 Å². The van der Waals surface area contributed by atoms with E-state index in [-0.39, 0.29) is 0 Å². The number of hydrogen-bond donors (Lipinski definition) is 0. The fourth-order valence-electron chi connectivity index (χ4n) is 2.16. The lowest BCUT2D eigenvalue weighted by atomic mass is 10.1. The summed E-state index contributed by atoms with van der Waals surface area (Å²) >= 11 is 5.74. The maximum absolute atomic E-state index is 5.74. The van der Waals surface area contributed by atoms with E-state index in [0.717, 1.165) is 12.4 Å². The molecule has 0 atom stereocenters. The SMILES string of the molecule is CN(CCCl)C1Cc2ccccc2C1. The Hall–Kier alpha value is -0.530. The third-order valence-electron chi connectivity index (χ3n) is 3.09. The molecule has 1 aliphatic carbocycles. The quantitative estimate of drug-likeness (QED) is 0.691. The van der Waals surface area contributed by atoms with Crippen LogP contribution in [0.25, 0.3) is 0 Å². The van der Waals surface area contributed by atoms with Crippen molar-refractivity contribution in [3.63, 3.8) is 0 Å². The Morgan fingerprint density at radius 3 is 2.36 bits per heavy atom. The largest absolute Gasteiger partial charge is 0.302 e. The van der Waals surface area contributed by atoms with Crippen molar-refractivity contribution in [3.05, 3.63) is 35.4 Å². The molecule has 1 aliphatic rings. The molecule has 0 unspecified atom stereocenters. The lowest BCUT2D eigenvalue weighted by Gasteiger charge is -2.22. The molecule has 0 saturated heterocycles. The Morgan fingerprint density at radius 2 is 1.86 bits per heavy atom. The van der Waals surface area contributed by atoms with Crippen LogP contribution in [0.3, 0.4) is 0 Å². The molecule has 0 amide bonds. The molecule has 0 fully saturated rings. The average Bonchev–Trinajstić information content (AvgIpc) is 2.61. The van der Waals surface area contributed by atoms with Crippen molar-refractivity contribution in [3.8, 4) is 0 Å². The molecule has 76 valence electrons. The zero-order valence-corrected chi connectivity index (χ0v) is 9.30. The Morgan fingerprint density at radius 1 is 1.29 bits per heavy atom. The van der Waals surface area contributed by atoms with Crippen LogP contribution in [0, 0.1) is 0 Å². The number of nitrogens with zero attached hydrogens (tertiary/aromatic N) is 1. The van der Waals surface area contributed by atoms with Gasteiger partial charge in [-0.25, -0.2) is 0 Å². The number of rotatable bonds is 3. The number of likely N-dealkylation sites (N-methyl/N-ethyl adjacent to an activating group) is 1. The number of halogens is 1. The molecule has 0 N–H and O–H groups in total. The summed E-state index contributed by atoms with van der Waals surface area (Å²) in [5.41, 5.74) is 3.03. The van der Waals surface area contributed by atoms with Crippen LogP contribution in [0.4, 0.5) is 0 Å². The Labute approximate surface area is 90.7 Å². The van der Waals surface area contributed by atoms with Crippen LogP contribution < -0.4 is 0 Å². The van der Waals surface area contributed by atoms with E-state index in [1.54, 1.807) is 0 Å². The van der Waals surface area contributed by atoms with E-state index < -0.39 is 0 Å². The first-order valence-corrected chi connectivity index (χ1v) is 5.67. The number of hydrogen-bond acceptors (Lipinski definition) is 1. The summed E-state index contributed by atoms with van der Waals surface area (Å²) in [6.07, 6.45) is 2.37. The van der Waals surface area contributed by atoms with E-state index in [2.05, 4.69) is 36.2 Å². The van der Waals surface area contributed by atoms with Crippen LogP contribution in [0.15, 0.2) is 24.3 Å². The number of fused-ring (bicyclic) bond motifs is 1. The molecule has 0 bridgehead atoms. The zero-order valence-electron chi connectivity index (χ0n) is 8.54. The van der Waals surface area contributed by atoms with Gasteiger partial charge >= 0.3 is 0 Å². The molecule has 1 aromatic rings. The lowest BCUT2D eigenvalue weighted by Crippen LogP contribution is -2.33. The summed E-state index contributed by atoms with van der Waals surface area (Å²) < 4.78 is 0. The first-order chi connectivity index (χ1) is 6.81. The van der Waals surface area contributed by atoms with E-state index in [9.17, 15) is 0 Å². The monoisotopic (exact) mass is 209 g/mol. The zero-order chi connectivity index (χ0) is 9.97. The van der Waals surface area contributed by atoms with Gasteiger partial charge in [0.05, 0.1) is 0 Å². The average molecular weight is 210 g/mol. The molecule has 0 radical (unpaired) electrons. The van der Waals surface area contributed by atoms with Gasteiger partial charge in [-0.2, -0.15) is 0 Å². The van der Waals surface area contributed by atoms with E-state index in [1.165, 1.54) is 24.0 Å². The second kappa shape index (κ2) is 4.33. The topological polar surface area (TPSA) is 3.24 Å². The van der Waals surface area contributed by atoms with Crippen molar-refractivity contribution in [2.24, 2.45) is 0 Å². The van der Waals surface area contributed by atoms with Gasteiger partial charge in [0.1, 0.15) is 0 Å². The highest BCUT2D eigenvalue weighted by molar-refractivity contribution is 6.18. The Bertz CT molecular complexity index is 286. The van der Waals surface area contributed by atoms with Crippen LogP contribution in [-0.4, -0.2) is 30.4 Å². The molecule has 0 heterocycles. The third-order valence-corrected chi connectivity index (χ3v) is 3.26. The van der Waals surface area contributed by atoms with Crippen LogP contribution in [0.2, 0.25) is 0 Å². The molecule has 0 aliphatic heterocycles. The first-order valence-electron chi connectivity index (χ1n) is 5.14. The minimum Gasteiger partial charge on any atom is -0.302 e. The summed E-state index contributed by atoms with van der Waals surface area (Å²) in [7, 11) is 2.17. The summed E-state index contributed by atoms with van der Waals surface area (Å²) in [4.78, 5) is 2.37.